The Morgan fingerprint density at radius 3 is 1.96 bits per heavy atom. The van der Waals surface area contributed by atoms with Gasteiger partial charge in [-0.25, -0.2) is 0 Å². The van der Waals surface area contributed by atoms with Crippen molar-refractivity contribution in [2.45, 2.75) is 5.41 Å². The van der Waals surface area contributed by atoms with Crippen molar-refractivity contribution >= 4 is 22.4 Å². The second-order valence-corrected chi connectivity index (χ2v) is 6.17. The average Bonchev–Trinajstić information content (AvgIpc) is 3.09. The Kier molecular flexibility index (Phi) is 2.89. The Morgan fingerprint density at radius 2 is 1.43 bits per heavy atom. The molecule has 0 aliphatic carbocycles. The summed E-state index contributed by atoms with van der Waals surface area (Å²) in [5.41, 5.74) is 1.21. The van der Waals surface area contributed by atoms with Crippen LogP contribution < -0.4 is 5.32 Å². The van der Waals surface area contributed by atoms with Crippen molar-refractivity contribution in [1.82, 2.24) is 4.37 Å². The van der Waals surface area contributed by atoms with Gasteiger partial charge >= 0.3 is 0 Å². The smallest absolute Gasteiger partial charge is 0.244 e. The van der Waals surface area contributed by atoms with Crippen molar-refractivity contribution in [1.29, 1.82) is 0 Å². The molecule has 114 valence electrons. The molecule has 0 fully saturated rings. The zero-order valence-electron chi connectivity index (χ0n) is 11.9. The van der Waals surface area contributed by atoms with E-state index in [2.05, 4.69) is 9.69 Å². The lowest BCUT2D eigenvalue weighted by atomic mass is 9.71. The summed E-state index contributed by atoms with van der Waals surface area (Å²) in [5, 5.41) is 22.7. The zero-order chi connectivity index (χ0) is 16.0. The Balaban J connectivity index is 2.04. The standard InChI is InChI=1S/C17H12N2O3S/c20-12-5-1-10(2-6-12)17(11-3-7-13(21)8-4-11)14-9-18-23-15(14)19-16(17)22/h1-9,20-21H,(H,19,22). The number of nitrogens with one attached hydrogen (secondary N) is 1. The van der Waals surface area contributed by atoms with Crippen molar-refractivity contribution in [3.63, 3.8) is 0 Å². The van der Waals surface area contributed by atoms with Gasteiger partial charge in [-0.1, -0.05) is 24.3 Å². The molecule has 3 aromatic rings. The van der Waals surface area contributed by atoms with Crippen LogP contribution in [0.15, 0.2) is 54.7 Å². The minimum atomic E-state index is -1.04. The van der Waals surface area contributed by atoms with Crippen LogP contribution in [0.2, 0.25) is 0 Å². The molecule has 5 nitrogen and oxygen atoms in total. The number of phenols is 2. The topological polar surface area (TPSA) is 82.5 Å². The monoisotopic (exact) mass is 324 g/mol. The molecule has 0 bridgehead atoms. The van der Waals surface area contributed by atoms with E-state index >= 15 is 0 Å². The largest absolute Gasteiger partial charge is 0.508 e. The average molecular weight is 324 g/mol. The fourth-order valence-electron chi connectivity index (χ4n) is 3.08. The van der Waals surface area contributed by atoms with Crippen molar-refractivity contribution in [2.24, 2.45) is 0 Å². The Morgan fingerprint density at radius 1 is 0.913 bits per heavy atom. The molecular formula is C17H12N2O3S. The number of phenolic OH excluding ortho intramolecular Hbond substituents is 2. The van der Waals surface area contributed by atoms with E-state index in [1.165, 1.54) is 11.5 Å². The summed E-state index contributed by atoms with van der Waals surface area (Å²) in [6, 6.07) is 13.2. The molecule has 0 spiro atoms. The highest BCUT2D eigenvalue weighted by Gasteiger charge is 2.51. The number of aromatic nitrogens is 1. The second-order valence-electron chi connectivity index (χ2n) is 5.37. The first-order valence-electron chi connectivity index (χ1n) is 6.98. The minimum Gasteiger partial charge on any atom is -0.508 e. The summed E-state index contributed by atoms with van der Waals surface area (Å²) < 4.78 is 4.19. The van der Waals surface area contributed by atoms with Gasteiger partial charge in [-0.3, -0.25) is 4.79 Å². The number of carbonyl (C=O) groups is 1. The molecule has 1 aromatic heterocycles. The van der Waals surface area contributed by atoms with Gasteiger partial charge in [-0.05, 0) is 46.9 Å². The normalized spacial score (nSPS) is 15.2. The lowest BCUT2D eigenvalue weighted by Crippen LogP contribution is -2.37. The summed E-state index contributed by atoms with van der Waals surface area (Å²) in [6.07, 6.45) is 1.69. The van der Waals surface area contributed by atoms with Gasteiger partial charge in [0.15, 0.2) is 0 Å². The predicted molar refractivity (Wildman–Crippen MR) is 86.8 cm³/mol. The van der Waals surface area contributed by atoms with Crippen LogP contribution in [0.3, 0.4) is 0 Å². The fraction of sp³-hybridized carbons (Fsp3) is 0.0588. The minimum absolute atomic E-state index is 0.136. The SMILES string of the molecule is O=C1Nc2sncc2C1(c1ccc(O)cc1)c1ccc(O)cc1. The molecule has 4 rings (SSSR count). The van der Waals surface area contributed by atoms with Crippen LogP contribution in [0.5, 0.6) is 11.5 Å². The van der Waals surface area contributed by atoms with E-state index < -0.39 is 5.41 Å². The first-order chi connectivity index (χ1) is 11.1. The highest BCUT2D eigenvalue weighted by molar-refractivity contribution is 7.10. The van der Waals surface area contributed by atoms with Crippen LogP contribution in [0, 0.1) is 0 Å². The molecule has 0 radical (unpaired) electrons. The van der Waals surface area contributed by atoms with E-state index in [-0.39, 0.29) is 17.4 Å². The summed E-state index contributed by atoms with van der Waals surface area (Å²) in [5.74, 6) is 0.103. The molecule has 2 heterocycles. The van der Waals surface area contributed by atoms with Gasteiger partial charge in [0.1, 0.15) is 21.9 Å². The molecule has 3 N–H and O–H groups in total. The number of amides is 1. The number of fused-ring (bicyclic) bond motifs is 1. The van der Waals surface area contributed by atoms with E-state index in [1.54, 1.807) is 54.7 Å². The van der Waals surface area contributed by atoms with Crippen molar-refractivity contribution in [3.8, 4) is 11.5 Å². The first-order valence-corrected chi connectivity index (χ1v) is 7.75. The Labute approximate surface area is 136 Å². The van der Waals surface area contributed by atoms with E-state index in [4.69, 9.17) is 0 Å². The highest BCUT2D eigenvalue weighted by atomic mass is 32.1. The number of nitrogens with zero attached hydrogens (tertiary/aromatic N) is 1. The van der Waals surface area contributed by atoms with Crippen LogP contribution in [-0.4, -0.2) is 20.5 Å². The molecule has 1 aliphatic heterocycles. The molecule has 0 unspecified atom stereocenters. The molecule has 0 atom stereocenters. The first kappa shape index (κ1) is 13.8. The maximum absolute atomic E-state index is 12.9. The van der Waals surface area contributed by atoms with Crippen LogP contribution >= 0.6 is 11.5 Å². The zero-order valence-corrected chi connectivity index (χ0v) is 12.7. The number of hydrogen-bond acceptors (Lipinski definition) is 5. The quantitative estimate of drug-likeness (QED) is 0.677. The second kappa shape index (κ2) is 4.82. The van der Waals surface area contributed by atoms with E-state index in [0.29, 0.717) is 0 Å². The van der Waals surface area contributed by atoms with Gasteiger partial charge in [-0.2, -0.15) is 4.37 Å². The number of aromatic hydroxyl groups is 2. The van der Waals surface area contributed by atoms with Crippen LogP contribution in [0.4, 0.5) is 5.00 Å². The third-order valence-corrected chi connectivity index (χ3v) is 4.86. The van der Waals surface area contributed by atoms with E-state index in [9.17, 15) is 15.0 Å². The third kappa shape index (κ3) is 1.85. The Bertz CT molecular complexity index is 839. The molecule has 1 amide bonds. The number of anilines is 1. The van der Waals surface area contributed by atoms with Crippen molar-refractivity contribution in [2.75, 3.05) is 5.32 Å². The van der Waals surface area contributed by atoms with Gasteiger partial charge in [0, 0.05) is 11.8 Å². The highest BCUT2D eigenvalue weighted by Crippen LogP contribution is 2.49. The van der Waals surface area contributed by atoms with Crippen molar-refractivity contribution in [3.05, 3.63) is 71.4 Å². The van der Waals surface area contributed by atoms with Gasteiger partial charge < -0.3 is 15.5 Å². The van der Waals surface area contributed by atoms with Crippen LogP contribution in [0.25, 0.3) is 0 Å². The maximum Gasteiger partial charge on any atom is 0.244 e. The maximum atomic E-state index is 12.9. The van der Waals surface area contributed by atoms with Crippen LogP contribution in [-0.2, 0) is 10.2 Å². The summed E-state index contributed by atoms with van der Waals surface area (Å²) in [6.45, 7) is 0. The summed E-state index contributed by atoms with van der Waals surface area (Å²) >= 11 is 1.23. The van der Waals surface area contributed by atoms with Gasteiger partial charge in [-0.15, -0.1) is 0 Å². The molecular weight excluding hydrogens is 312 g/mol. The Hall–Kier alpha value is -2.86. The molecule has 0 saturated carbocycles. The van der Waals surface area contributed by atoms with E-state index in [0.717, 1.165) is 21.7 Å². The van der Waals surface area contributed by atoms with Crippen molar-refractivity contribution < 1.29 is 15.0 Å². The van der Waals surface area contributed by atoms with E-state index in [1.807, 2.05) is 0 Å². The van der Waals surface area contributed by atoms with Gasteiger partial charge in [0.2, 0.25) is 5.91 Å². The third-order valence-electron chi connectivity index (χ3n) is 4.14. The number of rotatable bonds is 2. The summed E-state index contributed by atoms with van der Waals surface area (Å²) in [7, 11) is 0. The number of carbonyl (C=O) groups excluding carboxylic acids is 1. The molecule has 1 aliphatic rings. The van der Waals surface area contributed by atoms with Gasteiger partial charge in [0.05, 0.1) is 0 Å². The van der Waals surface area contributed by atoms with Crippen LogP contribution in [0.1, 0.15) is 16.7 Å². The molecule has 6 heteroatoms. The lowest BCUT2D eigenvalue weighted by Gasteiger charge is -2.28. The fourth-order valence-corrected chi connectivity index (χ4v) is 3.78. The molecule has 0 saturated heterocycles. The lowest BCUT2D eigenvalue weighted by molar-refractivity contribution is -0.118. The van der Waals surface area contributed by atoms with Gasteiger partial charge in [0.25, 0.3) is 0 Å². The number of hydrogen-bond donors (Lipinski definition) is 3. The molecule has 2 aromatic carbocycles. The summed E-state index contributed by atoms with van der Waals surface area (Å²) in [4.78, 5) is 12.9. The number of benzene rings is 2. The molecule has 23 heavy (non-hydrogen) atoms. The predicted octanol–water partition coefficient (Wildman–Crippen LogP) is 2.84.